The Kier molecular flexibility index (Phi) is 9.17. The van der Waals surface area contributed by atoms with Gasteiger partial charge in [0.1, 0.15) is 17.3 Å². The molecule has 9 heteroatoms. The molecule has 2 amide bonds. The zero-order valence-corrected chi connectivity index (χ0v) is 20.5. The predicted octanol–water partition coefficient (Wildman–Crippen LogP) is 5.74. The first-order valence-electron chi connectivity index (χ1n) is 11.9. The third-order valence-electron chi connectivity index (χ3n) is 5.89. The van der Waals surface area contributed by atoms with Gasteiger partial charge in [-0.3, -0.25) is 0 Å². The van der Waals surface area contributed by atoms with Gasteiger partial charge < -0.3 is 30.1 Å². The summed E-state index contributed by atoms with van der Waals surface area (Å²) in [6, 6.07) is 9.04. The fourth-order valence-electron chi connectivity index (χ4n) is 4.33. The summed E-state index contributed by atoms with van der Waals surface area (Å²) in [4.78, 5) is 26.1. The highest BCUT2D eigenvalue weighted by Crippen LogP contribution is 2.36. The minimum atomic E-state index is -1.10. The van der Waals surface area contributed by atoms with Crippen molar-refractivity contribution in [3.8, 4) is 11.5 Å². The van der Waals surface area contributed by atoms with Gasteiger partial charge in [-0.2, -0.15) is 0 Å². The van der Waals surface area contributed by atoms with E-state index in [1.54, 1.807) is 18.2 Å². The van der Waals surface area contributed by atoms with Crippen molar-refractivity contribution in [3.63, 3.8) is 0 Å². The van der Waals surface area contributed by atoms with Crippen LogP contribution >= 0.6 is 0 Å². The van der Waals surface area contributed by atoms with E-state index in [1.165, 1.54) is 25.7 Å². The van der Waals surface area contributed by atoms with Crippen LogP contribution in [0.3, 0.4) is 0 Å². The molecule has 2 aromatic rings. The number of carbonyl (C=O) groups excluding carboxylic acids is 1. The largest absolute Gasteiger partial charge is 0.497 e. The zero-order chi connectivity index (χ0) is 25.4. The van der Waals surface area contributed by atoms with Crippen LogP contribution in [-0.4, -0.2) is 43.4 Å². The molecule has 2 aromatic carbocycles. The van der Waals surface area contributed by atoms with Gasteiger partial charge in [-0.25, -0.2) is 14.0 Å². The summed E-state index contributed by atoms with van der Waals surface area (Å²) in [5.41, 5.74) is 1.29. The highest BCUT2D eigenvalue weighted by Gasteiger charge is 2.25. The second-order valence-electron chi connectivity index (χ2n) is 9.12. The lowest BCUT2D eigenvalue weighted by molar-refractivity contribution is -0.139. The van der Waals surface area contributed by atoms with Crippen molar-refractivity contribution in [1.29, 1.82) is 0 Å². The molecule has 35 heavy (non-hydrogen) atoms. The van der Waals surface area contributed by atoms with Crippen LogP contribution in [0.1, 0.15) is 46.0 Å². The Morgan fingerprint density at radius 2 is 1.74 bits per heavy atom. The van der Waals surface area contributed by atoms with Crippen LogP contribution < -0.4 is 25.0 Å². The third kappa shape index (κ3) is 7.50. The Morgan fingerprint density at radius 3 is 2.37 bits per heavy atom. The molecule has 0 unspecified atom stereocenters. The Morgan fingerprint density at radius 1 is 1.06 bits per heavy atom. The fraction of sp³-hybridized carbons (Fsp3) is 0.462. The molecule has 1 aliphatic carbocycles. The second kappa shape index (κ2) is 12.3. The summed E-state index contributed by atoms with van der Waals surface area (Å²) in [6.45, 7) is 4.59. The minimum absolute atomic E-state index is 0.00875. The molecule has 1 saturated carbocycles. The van der Waals surface area contributed by atoms with Crippen molar-refractivity contribution in [2.24, 2.45) is 5.92 Å². The van der Waals surface area contributed by atoms with Gasteiger partial charge in [0.25, 0.3) is 0 Å². The van der Waals surface area contributed by atoms with Gasteiger partial charge in [-0.05, 0) is 43.0 Å². The molecule has 190 valence electrons. The van der Waals surface area contributed by atoms with Crippen LogP contribution in [0.25, 0.3) is 0 Å². The van der Waals surface area contributed by atoms with Gasteiger partial charge in [0.05, 0.1) is 24.2 Å². The van der Waals surface area contributed by atoms with Crippen LogP contribution in [0.15, 0.2) is 36.4 Å². The van der Waals surface area contributed by atoms with Gasteiger partial charge >= 0.3 is 12.0 Å². The minimum Gasteiger partial charge on any atom is -0.497 e. The monoisotopic (exact) mass is 487 g/mol. The molecule has 1 fully saturated rings. The summed E-state index contributed by atoms with van der Waals surface area (Å²) >= 11 is 0. The van der Waals surface area contributed by atoms with Crippen molar-refractivity contribution in [2.75, 3.05) is 35.8 Å². The number of carboxylic acid groups (broad SMARTS) is 1. The lowest BCUT2D eigenvalue weighted by Gasteiger charge is -2.38. The maximum atomic E-state index is 14.4. The maximum Gasteiger partial charge on any atom is 0.341 e. The Hall–Kier alpha value is -3.49. The van der Waals surface area contributed by atoms with E-state index in [-0.39, 0.29) is 5.69 Å². The van der Waals surface area contributed by atoms with Gasteiger partial charge in [-0.15, -0.1) is 0 Å². The summed E-state index contributed by atoms with van der Waals surface area (Å²) in [7, 11) is 1.44. The number of methoxy groups -OCH3 is 1. The summed E-state index contributed by atoms with van der Waals surface area (Å²) in [6.07, 6.45) is 5.65. The van der Waals surface area contributed by atoms with Crippen molar-refractivity contribution in [3.05, 3.63) is 42.2 Å². The summed E-state index contributed by atoms with van der Waals surface area (Å²) in [5.74, 6) is -0.678. The number of ether oxygens (including phenoxy) is 2. The van der Waals surface area contributed by atoms with Gasteiger partial charge in [0.15, 0.2) is 6.61 Å². The number of nitrogens with zero attached hydrogens (tertiary/aromatic N) is 1. The molecule has 8 nitrogen and oxygen atoms in total. The molecular weight excluding hydrogens is 453 g/mol. The maximum absolute atomic E-state index is 14.4. The van der Waals surface area contributed by atoms with E-state index in [1.807, 2.05) is 6.07 Å². The molecule has 0 spiro atoms. The number of aliphatic carboxylic acids is 1. The van der Waals surface area contributed by atoms with E-state index >= 15 is 0 Å². The second-order valence-corrected chi connectivity index (χ2v) is 9.12. The molecule has 1 aliphatic rings. The normalized spacial score (nSPS) is 13.9. The highest BCUT2D eigenvalue weighted by molar-refractivity contribution is 6.02. The highest BCUT2D eigenvalue weighted by atomic mass is 19.1. The Bertz CT molecular complexity index is 1020. The lowest BCUT2D eigenvalue weighted by Crippen LogP contribution is -2.40. The number of benzene rings is 2. The van der Waals surface area contributed by atoms with Crippen LogP contribution in [0.5, 0.6) is 11.5 Å². The molecule has 0 radical (unpaired) electrons. The number of hydrogen-bond acceptors (Lipinski definition) is 5. The molecule has 0 aromatic heterocycles. The molecule has 0 saturated heterocycles. The quantitative estimate of drug-likeness (QED) is 0.395. The molecule has 0 aliphatic heterocycles. The topological polar surface area (TPSA) is 100 Å². The van der Waals surface area contributed by atoms with Crippen LogP contribution in [-0.2, 0) is 4.79 Å². The number of halogens is 1. The van der Waals surface area contributed by atoms with Crippen molar-refractivity contribution < 1.29 is 28.6 Å². The summed E-state index contributed by atoms with van der Waals surface area (Å²) in [5, 5.41) is 14.3. The number of carboxylic acids is 1. The first kappa shape index (κ1) is 26.1. The molecule has 0 atom stereocenters. The molecule has 3 rings (SSSR count). The smallest absolute Gasteiger partial charge is 0.341 e. The average Bonchev–Trinajstić information content (AvgIpc) is 2.83. The van der Waals surface area contributed by atoms with Crippen LogP contribution in [0.4, 0.5) is 26.2 Å². The van der Waals surface area contributed by atoms with E-state index in [0.717, 1.165) is 37.9 Å². The fourth-order valence-corrected chi connectivity index (χ4v) is 4.33. The number of nitrogens with one attached hydrogen (secondary N) is 2. The lowest BCUT2D eigenvalue weighted by atomic mass is 9.93. The van der Waals surface area contributed by atoms with Crippen molar-refractivity contribution in [2.45, 2.75) is 52.0 Å². The first-order chi connectivity index (χ1) is 16.8. The SMILES string of the molecule is COc1ccc(NC(=O)Nc2cc(OCC(=O)O)ccc2N(CC(C)C)C2CCCCC2)c(F)c1. The Balaban J connectivity index is 1.90. The van der Waals surface area contributed by atoms with Crippen molar-refractivity contribution in [1.82, 2.24) is 0 Å². The van der Waals surface area contributed by atoms with Gasteiger partial charge in [-0.1, -0.05) is 33.1 Å². The average molecular weight is 488 g/mol. The molecular formula is C26H34FN3O5. The predicted molar refractivity (Wildman–Crippen MR) is 134 cm³/mol. The first-order valence-corrected chi connectivity index (χ1v) is 11.9. The van der Waals surface area contributed by atoms with Crippen LogP contribution in [0, 0.1) is 11.7 Å². The van der Waals surface area contributed by atoms with E-state index in [4.69, 9.17) is 14.6 Å². The number of hydrogen-bond donors (Lipinski definition) is 3. The van der Waals surface area contributed by atoms with E-state index in [2.05, 4.69) is 29.4 Å². The Labute approximate surface area is 205 Å². The van der Waals surface area contributed by atoms with E-state index < -0.39 is 24.4 Å². The van der Waals surface area contributed by atoms with Gasteiger partial charge in [0.2, 0.25) is 0 Å². The van der Waals surface area contributed by atoms with Crippen molar-refractivity contribution >= 4 is 29.1 Å². The summed E-state index contributed by atoms with van der Waals surface area (Å²) < 4.78 is 24.7. The standard InChI is InChI=1S/C26H34FN3O5/c1-17(2)15-30(18-7-5-4-6-8-18)24-12-10-20(35-16-25(31)32)14-23(24)29-26(33)28-22-11-9-19(34-3)13-21(22)27/h9-14,17-18H,4-8,15-16H2,1-3H3,(H,31,32)(H2,28,29,33). The molecule has 0 bridgehead atoms. The number of amides is 2. The number of anilines is 3. The van der Waals surface area contributed by atoms with E-state index in [0.29, 0.717) is 29.1 Å². The van der Waals surface area contributed by atoms with Crippen LogP contribution in [0.2, 0.25) is 0 Å². The zero-order valence-electron chi connectivity index (χ0n) is 20.5. The molecule has 3 N–H and O–H groups in total. The number of urea groups is 1. The number of carbonyl (C=O) groups is 2. The molecule has 0 heterocycles. The number of rotatable bonds is 10. The third-order valence-corrected chi connectivity index (χ3v) is 5.89. The van der Waals surface area contributed by atoms with E-state index in [9.17, 15) is 14.0 Å². The van der Waals surface area contributed by atoms with Gasteiger partial charge in [0, 0.05) is 24.7 Å².